The molecule has 2 N–H and O–H groups in total. The minimum atomic E-state index is -3.67. The Kier molecular flexibility index (Phi) is 5.20. The van der Waals surface area contributed by atoms with Gasteiger partial charge in [-0.05, 0) is 52.4 Å². The van der Waals surface area contributed by atoms with Crippen molar-refractivity contribution in [1.82, 2.24) is 4.98 Å². The maximum absolute atomic E-state index is 11.4. The number of aromatic nitrogens is 1. The molecule has 0 spiro atoms. The van der Waals surface area contributed by atoms with Gasteiger partial charge < -0.3 is 0 Å². The normalized spacial score (nSPS) is 12.7. The van der Waals surface area contributed by atoms with Crippen LogP contribution in [0.15, 0.2) is 71.9 Å². The molecule has 5 heteroatoms. The highest BCUT2D eigenvalue weighted by Crippen LogP contribution is 2.30. The lowest BCUT2D eigenvalue weighted by molar-refractivity contribution is 0.597. The van der Waals surface area contributed by atoms with Gasteiger partial charge in [-0.15, -0.1) is 0 Å². The van der Waals surface area contributed by atoms with Crippen LogP contribution in [0.5, 0.6) is 0 Å². The Labute approximate surface area is 154 Å². The molecular weight excluding hydrogens is 344 g/mol. The van der Waals surface area contributed by atoms with Crippen LogP contribution in [0, 0.1) is 0 Å². The van der Waals surface area contributed by atoms with Crippen molar-refractivity contribution in [2.45, 2.75) is 31.1 Å². The Morgan fingerprint density at radius 2 is 1.77 bits per heavy atom. The Morgan fingerprint density at radius 3 is 2.42 bits per heavy atom. The molecule has 0 aliphatic heterocycles. The topological polar surface area (TPSA) is 73.0 Å². The quantitative estimate of drug-likeness (QED) is 0.738. The number of benzene rings is 2. The van der Waals surface area contributed by atoms with Crippen LogP contribution in [0.4, 0.5) is 0 Å². The van der Waals surface area contributed by atoms with Crippen molar-refractivity contribution in [3.63, 3.8) is 0 Å². The van der Waals surface area contributed by atoms with Gasteiger partial charge in [-0.25, -0.2) is 13.6 Å². The zero-order valence-electron chi connectivity index (χ0n) is 14.9. The summed E-state index contributed by atoms with van der Waals surface area (Å²) in [7, 11) is -3.67. The summed E-state index contributed by atoms with van der Waals surface area (Å²) in [6.45, 7) is 4.23. The van der Waals surface area contributed by atoms with E-state index in [2.05, 4.69) is 43.1 Å². The molecule has 4 nitrogen and oxygen atoms in total. The number of nitrogens with zero attached hydrogens (tertiary/aromatic N) is 1. The van der Waals surface area contributed by atoms with E-state index in [1.165, 1.54) is 16.7 Å². The molecule has 0 bridgehead atoms. The van der Waals surface area contributed by atoms with Crippen molar-refractivity contribution < 1.29 is 8.42 Å². The van der Waals surface area contributed by atoms with E-state index in [4.69, 9.17) is 5.14 Å². The third-order valence-corrected chi connectivity index (χ3v) is 5.62. The predicted octanol–water partition coefficient (Wildman–Crippen LogP) is 4.11. The summed E-state index contributed by atoms with van der Waals surface area (Å²) in [5, 5.41) is 5.17. The fraction of sp³-hybridized carbons (Fsp3) is 0.190. The number of nitrogens with two attached hydrogens (primary N) is 1. The van der Waals surface area contributed by atoms with Gasteiger partial charge in [0, 0.05) is 18.3 Å². The molecule has 1 unspecified atom stereocenters. The first-order valence-electron chi connectivity index (χ1n) is 8.56. The van der Waals surface area contributed by atoms with Crippen molar-refractivity contribution in [1.29, 1.82) is 0 Å². The molecular formula is C21H22N2O2S. The third-order valence-electron chi connectivity index (χ3n) is 4.69. The molecule has 0 amide bonds. The summed E-state index contributed by atoms with van der Waals surface area (Å²) < 4.78 is 22.8. The van der Waals surface area contributed by atoms with Crippen LogP contribution in [0.3, 0.4) is 0 Å². The van der Waals surface area contributed by atoms with Gasteiger partial charge in [0.15, 0.2) is 0 Å². The fourth-order valence-corrected chi connectivity index (χ4v) is 3.62. The molecule has 2 aromatic carbocycles. The van der Waals surface area contributed by atoms with Crippen molar-refractivity contribution in [2.24, 2.45) is 5.14 Å². The smallest absolute Gasteiger partial charge is 0.238 e. The molecule has 1 atom stereocenters. The Hall–Kier alpha value is -2.50. The predicted molar refractivity (Wildman–Crippen MR) is 104 cm³/mol. The van der Waals surface area contributed by atoms with Crippen LogP contribution in [0.2, 0.25) is 0 Å². The molecule has 0 saturated carbocycles. The molecule has 0 radical (unpaired) electrons. The van der Waals surface area contributed by atoms with Gasteiger partial charge in [-0.3, -0.25) is 4.98 Å². The average Bonchev–Trinajstić information content (AvgIpc) is 2.67. The molecule has 3 aromatic rings. The maximum atomic E-state index is 11.4. The molecule has 0 aliphatic carbocycles. The lowest BCUT2D eigenvalue weighted by Gasteiger charge is -2.15. The number of hydrogen-bond donors (Lipinski definition) is 1. The SMILES string of the molecule is CCc1cnccc1-c1cccc(C(C)c2ccc(S(N)(=O)=O)cc2)c1. The van der Waals surface area contributed by atoms with E-state index in [-0.39, 0.29) is 10.8 Å². The number of rotatable bonds is 5. The zero-order chi connectivity index (χ0) is 18.7. The van der Waals surface area contributed by atoms with Crippen molar-refractivity contribution in [3.8, 4) is 11.1 Å². The van der Waals surface area contributed by atoms with E-state index in [0.29, 0.717) is 0 Å². The summed E-state index contributed by atoms with van der Waals surface area (Å²) in [4.78, 5) is 4.35. The molecule has 0 saturated heterocycles. The monoisotopic (exact) mass is 366 g/mol. The van der Waals surface area contributed by atoms with E-state index < -0.39 is 10.0 Å². The fourth-order valence-electron chi connectivity index (χ4n) is 3.10. The first kappa shape index (κ1) is 18.3. The highest BCUT2D eigenvalue weighted by molar-refractivity contribution is 7.89. The van der Waals surface area contributed by atoms with Gasteiger partial charge in [0.1, 0.15) is 0 Å². The summed E-state index contributed by atoms with van der Waals surface area (Å²) in [5.41, 5.74) is 5.79. The Morgan fingerprint density at radius 1 is 1.04 bits per heavy atom. The second-order valence-corrected chi connectivity index (χ2v) is 7.91. The van der Waals surface area contributed by atoms with Crippen LogP contribution in [-0.4, -0.2) is 13.4 Å². The standard InChI is InChI=1S/C21H22N2O2S/c1-3-16-14-23-12-11-21(16)19-6-4-5-18(13-19)15(2)17-7-9-20(10-8-17)26(22,24)25/h4-15H,3H2,1-2H3,(H2,22,24,25). The first-order chi connectivity index (χ1) is 12.4. The highest BCUT2D eigenvalue weighted by Gasteiger charge is 2.13. The van der Waals surface area contributed by atoms with Gasteiger partial charge in [0.05, 0.1) is 4.90 Å². The average molecular weight is 366 g/mol. The Balaban J connectivity index is 1.95. The van der Waals surface area contributed by atoms with Crippen LogP contribution in [0.1, 0.15) is 36.5 Å². The number of primary sulfonamides is 1. The van der Waals surface area contributed by atoms with Gasteiger partial charge in [0.25, 0.3) is 0 Å². The van der Waals surface area contributed by atoms with Crippen molar-refractivity contribution in [2.75, 3.05) is 0 Å². The van der Waals surface area contributed by atoms with E-state index in [9.17, 15) is 8.42 Å². The van der Waals surface area contributed by atoms with Crippen LogP contribution >= 0.6 is 0 Å². The highest BCUT2D eigenvalue weighted by atomic mass is 32.2. The summed E-state index contributed by atoms with van der Waals surface area (Å²) >= 11 is 0. The second kappa shape index (κ2) is 7.40. The lowest BCUT2D eigenvalue weighted by atomic mass is 9.90. The van der Waals surface area contributed by atoms with Gasteiger partial charge in [-0.2, -0.15) is 0 Å². The van der Waals surface area contributed by atoms with Gasteiger partial charge in [-0.1, -0.05) is 50.2 Å². The van der Waals surface area contributed by atoms with Crippen LogP contribution in [0.25, 0.3) is 11.1 Å². The molecule has 1 aromatic heterocycles. The van der Waals surface area contributed by atoms with Crippen molar-refractivity contribution >= 4 is 10.0 Å². The molecule has 3 rings (SSSR count). The van der Waals surface area contributed by atoms with E-state index >= 15 is 0 Å². The molecule has 1 heterocycles. The minimum Gasteiger partial charge on any atom is -0.264 e. The lowest BCUT2D eigenvalue weighted by Crippen LogP contribution is -2.12. The molecule has 0 fully saturated rings. The van der Waals surface area contributed by atoms with Gasteiger partial charge in [0.2, 0.25) is 10.0 Å². The number of aryl methyl sites for hydroxylation is 1. The number of sulfonamides is 1. The van der Waals surface area contributed by atoms with E-state index in [0.717, 1.165) is 17.5 Å². The molecule has 134 valence electrons. The summed E-state index contributed by atoms with van der Waals surface area (Å²) in [6.07, 6.45) is 4.66. The number of hydrogen-bond acceptors (Lipinski definition) is 3. The molecule has 0 aliphatic rings. The van der Waals surface area contributed by atoms with E-state index in [1.54, 1.807) is 12.1 Å². The molecule has 26 heavy (non-hydrogen) atoms. The van der Waals surface area contributed by atoms with E-state index in [1.807, 2.05) is 30.6 Å². The third kappa shape index (κ3) is 3.84. The van der Waals surface area contributed by atoms with Crippen LogP contribution in [-0.2, 0) is 16.4 Å². The largest absolute Gasteiger partial charge is 0.264 e. The minimum absolute atomic E-state index is 0.131. The zero-order valence-corrected chi connectivity index (χ0v) is 15.7. The van der Waals surface area contributed by atoms with Gasteiger partial charge >= 0.3 is 0 Å². The Bertz CT molecular complexity index is 1010. The summed E-state index contributed by atoms with van der Waals surface area (Å²) in [6, 6.07) is 17.2. The second-order valence-electron chi connectivity index (χ2n) is 6.35. The van der Waals surface area contributed by atoms with Crippen LogP contribution < -0.4 is 5.14 Å². The first-order valence-corrected chi connectivity index (χ1v) is 10.1. The van der Waals surface area contributed by atoms with Crippen molar-refractivity contribution in [3.05, 3.63) is 83.7 Å². The summed E-state index contributed by atoms with van der Waals surface area (Å²) in [5.74, 6) is 0.136. The maximum Gasteiger partial charge on any atom is 0.238 e. The number of pyridine rings is 1.